The van der Waals surface area contributed by atoms with Gasteiger partial charge in [-0.2, -0.15) is 18.8 Å². The number of nitrogens with one attached hydrogen (secondary N) is 1. The van der Waals surface area contributed by atoms with Crippen molar-refractivity contribution in [3.63, 3.8) is 0 Å². The van der Waals surface area contributed by atoms with Crippen LogP contribution in [0.1, 0.15) is 25.0 Å². The van der Waals surface area contributed by atoms with Crippen LogP contribution < -0.4 is 14.8 Å². The van der Waals surface area contributed by atoms with Gasteiger partial charge in [0, 0.05) is 24.8 Å². The van der Waals surface area contributed by atoms with Gasteiger partial charge in [0.1, 0.15) is 40.9 Å². The molecule has 0 aliphatic heterocycles. The van der Waals surface area contributed by atoms with Crippen molar-refractivity contribution in [3.05, 3.63) is 66.0 Å². The maximum atomic E-state index is 10.7. The van der Waals surface area contributed by atoms with Crippen molar-refractivity contribution in [2.24, 2.45) is 0 Å². The predicted octanol–water partition coefficient (Wildman–Crippen LogP) is 2.48. The molecule has 0 radical (unpaired) electrons. The molecule has 0 bridgehead atoms. The van der Waals surface area contributed by atoms with Crippen molar-refractivity contribution in [2.75, 3.05) is 13.2 Å². The van der Waals surface area contributed by atoms with Crippen LogP contribution in [-0.4, -0.2) is 58.3 Å². The molecule has 2 aromatic carbocycles. The summed E-state index contributed by atoms with van der Waals surface area (Å²) in [5, 5.41) is 34.6. The molecule has 0 amide bonds. The Morgan fingerprint density at radius 3 is 2.31 bits per heavy atom. The highest BCUT2D eigenvalue weighted by atomic mass is 32.2. The molecule has 1 heterocycles. The number of hydrogen-bond acceptors (Lipinski definition) is 9. The highest BCUT2D eigenvalue weighted by Crippen LogP contribution is 2.20. The average Bonchev–Trinajstić information content (AvgIpc) is 3.30. The fourth-order valence-electron chi connectivity index (χ4n) is 2.75. The number of aromatic hydroxyl groups is 1. The van der Waals surface area contributed by atoms with Crippen LogP contribution in [0.2, 0.25) is 0 Å². The topological polar surface area (TPSA) is 167 Å². The number of aryl methyl sites for hydroxylation is 1. The summed E-state index contributed by atoms with van der Waals surface area (Å²) in [6.07, 6.45) is 2.54. The normalized spacial score (nSPS) is 11.8. The average molecular weight is 519 g/mol. The van der Waals surface area contributed by atoms with Gasteiger partial charge in [-0.05, 0) is 42.8 Å². The fourth-order valence-corrected chi connectivity index (χ4v) is 3.50. The smallest absolute Gasteiger partial charge is 0.294 e. The van der Waals surface area contributed by atoms with Gasteiger partial charge in [0.05, 0.1) is 11.8 Å². The molecule has 1 unspecified atom stereocenters. The molecule has 0 spiro atoms. The number of ether oxygens (including phenoxy) is 2. The van der Waals surface area contributed by atoms with Crippen LogP contribution in [0.15, 0.2) is 59.8 Å². The first-order chi connectivity index (χ1) is 17.0. The molecule has 3 rings (SSSR count). The molecule has 0 aliphatic rings. The Kier molecular flexibility index (Phi) is 10.7. The van der Waals surface area contributed by atoms with E-state index in [1.165, 1.54) is 25.3 Å². The Labute approximate surface area is 210 Å². The summed E-state index contributed by atoms with van der Waals surface area (Å²) in [5.41, 5.74) is 0.892. The molecule has 12 heteroatoms. The van der Waals surface area contributed by atoms with E-state index in [1.807, 2.05) is 19.9 Å². The molecule has 1 aromatic heterocycles. The van der Waals surface area contributed by atoms with E-state index < -0.39 is 16.2 Å². The summed E-state index contributed by atoms with van der Waals surface area (Å²) in [6.45, 7) is 6.52. The van der Waals surface area contributed by atoms with Crippen LogP contribution >= 0.6 is 0 Å². The Hall–Kier alpha value is -3.63. The Bertz CT molecular complexity index is 1250. The first-order valence-corrected chi connectivity index (χ1v) is 12.4. The maximum absolute atomic E-state index is 10.7. The first kappa shape index (κ1) is 28.6. The second kappa shape index (κ2) is 13.5. The number of hydrogen-bond donors (Lipinski definition) is 4. The van der Waals surface area contributed by atoms with E-state index in [-0.39, 0.29) is 24.0 Å². The third-order valence-corrected chi connectivity index (χ3v) is 5.60. The summed E-state index contributed by atoms with van der Waals surface area (Å²) in [4.78, 5) is -0.262. The van der Waals surface area contributed by atoms with Crippen LogP contribution in [-0.2, 0) is 16.8 Å². The Morgan fingerprint density at radius 2 is 1.78 bits per heavy atom. The van der Waals surface area contributed by atoms with Crippen molar-refractivity contribution < 1.29 is 32.7 Å². The van der Waals surface area contributed by atoms with Crippen molar-refractivity contribution >= 4 is 10.1 Å². The Morgan fingerprint density at radius 1 is 1.14 bits per heavy atom. The van der Waals surface area contributed by atoms with Crippen molar-refractivity contribution in [1.82, 2.24) is 15.1 Å². The molecular weight excluding hydrogens is 488 g/mol. The zero-order valence-corrected chi connectivity index (χ0v) is 21.0. The lowest BCUT2D eigenvalue weighted by Gasteiger charge is -2.15. The van der Waals surface area contributed by atoms with E-state index in [2.05, 4.69) is 10.4 Å². The van der Waals surface area contributed by atoms with Crippen LogP contribution in [0.25, 0.3) is 0 Å². The second-order valence-corrected chi connectivity index (χ2v) is 9.47. The number of aliphatic hydroxyl groups is 1. The first-order valence-electron chi connectivity index (χ1n) is 10.9. The van der Waals surface area contributed by atoms with E-state index in [4.69, 9.17) is 24.4 Å². The largest absolute Gasteiger partial charge is 0.508 e. The zero-order valence-electron chi connectivity index (χ0n) is 20.2. The lowest BCUT2D eigenvalue weighted by molar-refractivity contribution is 0.104. The number of aliphatic hydroxyl groups excluding tert-OH is 1. The summed E-state index contributed by atoms with van der Waals surface area (Å²) >= 11 is 0. The molecule has 36 heavy (non-hydrogen) atoms. The van der Waals surface area contributed by atoms with Gasteiger partial charge in [-0.25, -0.2) is 4.68 Å². The number of nitriles is 1. The summed E-state index contributed by atoms with van der Waals surface area (Å²) < 4.78 is 42.6. The highest BCUT2D eigenvalue weighted by Gasteiger charge is 2.13. The molecule has 194 valence electrons. The van der Waals surface area contributed by atoms with Crippen molar-refractivity contribution in [3.8, 4) is 23.3 Å². The van der Waals surface area contributed by atoms with E-state index in [0.717, 1.165) is 6.07 Å². The zero-order chi connectivity index (χ0) is 26.7. The number of benzene rings is 2. The fraction of sp³-hybridized carbons (Fsp3) is 0.333. The minimum Gasteiger partial charge on any atom is -0.508 e. The van der Waals surface area contributed by atoms with Gasteiger partial charge in [0.15, 0.2) is 6.73 Å². The number of rotatable bonds is 10. The lowest BCUT2D eigenvalue weighted by Crippen LogP contribution is -2.35. The molecule has 4 N–H and O–H groups in total. The quantitative estimate of drug-likeness (QED) is 0.293. The van der Waals surface area contributed by atoms with Gasteiger partial charge < -0.3 is 25.0 Å². The summed E-state index contributed by atoms with van der Waals surface area (Å²) in [7, 11) is -4.22. The predicted molar refractivity (Wildman–Crippen MR) is 131 cm³/mol. The number of aromatic nitrogens is 2. The monoisotopic (exact) mass is 518 g/mol. The SMILES string of the molecule is CC(C)NCC(O)COc1ccc(OCn2cc(C#N)cn2)cc1.Cc1ccc(O)cc1S(=O)(=O)O. The van der Waals surface area contributed by atoms with Gasteiger partial charge in [0.25, 0.3) is 10.1 Å². The minimum absolute atomic E-state index is 0.187. The molecule has 3 aromatic rings. The van der Waals surface area contributed by atoms with Gasteiger partial charge in [-0.3, -0.25) is 4.55 Å². The number of nitrogens with zero attached hydrogens (tertiary/aromatic N) is 3. The molecule has 11 nitrogen and oxygen atoms in total. The van der Waals surface area contributed by atoms with E-state index in [9.17, 15) is 13.5 Å². The van der Waals surface area contributed by atoms with Crippen molar-refractivity contribution in [2.45, 2.75) is 44.5 Å². The molecule has 0 saturated carbocycles. The molecule has 0 aliphatic carbocycles. The third kappa shape index (κ3) is 9.93. The third-order valence-electron chi connectivity index (χ3n) is 4.60. The van der Waals surface area contributed by atoms with Gasteiger partial charge in [0.2, 0.25) is 0 Å². The van der Waals surface area contributed by atoms with Crippen LogP contribution in [0.3, 0.4) is 0 Å². The second-order valence-electron chi connectivity index (χ2n) is 8.08. The number of phenolic OH excluding ortho intramolecular Hbond substituents is 1. The van der Waals surface area contributed by atoms with Gasteiger partial charge >= 0.3 is 0 Å². The molecule has 1 atom stereocenters. The lowest BCUT2D eigenvalue weighted by atomic mass is 10.2. The summed E-state index contributed by atoms with van der Waals surface area (Å²) in [6, 6.07) is 13.2. The minimum atomic E-state index is -4.22. The van der Waals surface area contributed by atoms with Crippen LogP contribution in [0.5, 0.6) is 17.2 Å². The maximum Gasteiger partial charge on any atom is 0.294 e. The van der Waals surface area contributed by atoms with Gasteiger partial charge in [-0.1, -0.05) is 19.9 Å². The van der Waals surface area contributed by atoms with E-state index >= 15 is 0 Å². The molecular formula is C24H30N4O7S. The van der Waals surface area contributed by atoms with Crippen molar-refractivity contribution in [1.29, 1.82) is 5.26 Å². The van der Waals surface area contributed by atoms with Crippen LogP contribution in [0.4, 0.5) is 0 Å². The van der Waals surface area contributed by atoms with Gasteiger partial charge in [-0.15, -0.1) is 0 Å². The van der Waals surface area contributed by atoms with E-state index in [1.54, 1.807) is 35.1 Å². The van der Waals surface area contributed by atoms with Crippen LogP contribution in [0, 0.1) is 18.3 Å². The molecule has 0 saturated heterocycles. The standard InChI is InChI=1S/C17H22N4O3.C7H8O4S/c1-13(2)19-9-15(22)11-23-16-3-5-17(6-4-16)24-12-21-10-14(7-18)8-20-21;1-5-2-3-6(8)4-7(5)12(9,10)11/h3-6,8,10,13,15,19,22H,9,11-12H2,1-2H3;2-4,8H,1H3,(H,9,10,11). The summed E-state index contributed by atoms with van der Waals surface area (Å²) in [5.74, 6) is 1.14. The Balaban J connectivity index is 0.000000319. The number of phenols is 1. The van der Waals surface area contributed by atoms with E-state index in [0.29, 0.717) is 35.2 Å². The molecule has 0 fully saturated rings. The highest BCUT2D eigenvalue weighted by molar-refractivity contribution is 7.85.